The first-order chi connectivity index (χ1) is 8.04. The Morgan fingerprint density at radius 2 is 2.24 bits per heavy atom. The van der Waals surface area contributed by atoms with E-state index in [4.69, 9.17) is 11.6 Å². The predicted molar refractivity (Wildman–Crippen MR) is 70.3 cm³/mol. The summed E-state index contributed by atoms with van der Waals surface area (Å²) >= 11 is 9.16. The van der Waals surface area contributed by atoms with Crippen LogP contribution in [-0.4, -0.2) is 15.7 Å². The van der Waals surface area contributed by atoms with E-state index in [2.05, 4.69) is 26.3 Å². The molecule has 17 heavy (non-hydrogen) atoms. The summed E-state index contributed by atoms with van der Waals surface area (Å²) in [4.78, 5) is 11.9. The molecule has 0 aliphatic carbocycles. The average Bonchev–Trinajstić information content (AvgIpc) is 2.62. The lowest BCUT2D eigenvalue weighted by Crippen LogP contribution is -2.12. The molecule has 1 aromatic carbocycles. The molecular weight excluding hydrogens is 305 g/mol. The molecule has 88 valence electrons. The van der Waals surface area contributed by atoms with Crippen molar-refractivity contribution < 1.29 is 4.79 Å². The molecule has 2 aromatic rings. The van der Waals surface area contributed by atoms with Crippen molar-refractivity contribution in [2.24, 2.45) is 7.05 Å². The third-order valence-corrected chi connectivity index (χ3v) is 2.76. The fraction of sp³-hybridized carbons (Fsp3) is 0.0909. The zero-order chi connectivity index (χ0) is 12.4. The van der Waals surface area contributed by atoms with E-state index in [1.54, 1.807) is 42.2 Å². The quantitative estimate of drug-likeness (QED) is 0.926. The molecule has 2 rings (SSSR count). The molecule has 1 amide bonds. The van der Waals surface area contributed by atoms with Crippen LogP contribution in [0, 0.1) is 0 Å². The van der Waals surface area contributed by atoms with Gasteiger partial charge < -0.3 is 5.32 Å². The van der Waals surface area contributed by atoms with Crippen molar-refractivity contribution >= 4 is 39.3 Å². The summed E-state index contributed by atoms with van der Waals surface area (Å²) in [7, 11) is 1.78. The molecule has 1 heterocycles. The zero-order valence-corrected chi connectivity index (χ0v) is 11.3. The highest BCUT2D eigenvalue weighted by Crippen LogP contribution is 2.20. The Morgan fingerprint density at radius 3 is 2.82 bits per heavy atom. The second-order valence-corrected chi connectivity index (χ2v) is 4.84. The third-order valence-electron chi connectivity index (χ3n) is 2.08. The van der Waals surface area contributed by atoms with Crippen molar-refractivity contribution in [1.82, 2.24) is 9.78 Å². The topological polar surface area (TPSA) is 46.9 Å². The van der Waals surface area contributed by atoms with Crippen molar-refractivity contribution in [3.05, 3.63) is 45.5 Å². The lowest BCUT2D eigenvalue weighted by atomic mass is 10.2. The number of aromatic nitrogens is 2. The molecule has 0 unspecified atom stereocenters. The van der Waals surface area contributed by atoms with Gasteiger partial charge in [0.25, 0.3) is 5.91 Å². The summed E-state index contributed by atoms with van der Waals surface area (Å²) in [6.07, 6.45) is 1.75. The molecule has 0 aliphatic rings. The minimum atomic E-state index is -0.244. The molecule has 0 bridgehead atoms. The number of anilines is 1. The van der Waals surface area contributed by atoms with Gasteiger partial charge in [-0.15, -0.1) is 0 Å². The van der Waals surface area contributed by atoms with Gasteiger partial charge in [-0.3, -0.25) is 9.48 Å². The maximum atomic E-state index is 11.9. The van der Waals surface area contributed by atoms with Gasteiger partial charge in [-0.05, 0) is 18.2 Å². The fourth-order valence-electron chi connectivity index (χ4n) is 1.36. The number of carbonyl (C=O) groups is 1. The molecule has 0 radical (unpaired) electrons. The van der Waals surface area contributed by atoms with Crippen LogP contribution in [0.4, 0.5) is 5.82 Å². The Morgan fingerprint density at radius 1 is 1.47 bits per heavy atom. The Bertz CT molecular complexity index is 547. The van der Waals surface area contributed by atoms with Crippen molar-refractivity contribution in [3.8, 4) is 0 Å². The van der Waals surface area contributed by atoms with Crippen LogP contribution in [0.3, 0.4) is 0 Å². The molecule has 0 fully saturated rings. The molecule has 1 N–H and O–H groups in total. The largest absolute Gasteiger partial charge is 0.305 e. The van der Waals surface area contributed by atoms with Crippen molar-refractivity contribution in [3.63, 3.8) is 0 Å². The molecular formula is C11H9BrClN3O. The van der Waals surface area contributed by atoms with Crippen molar-refractivity contribution in [2.75, 3.05) is 5.32 Å². The summed E-state index contributed by atoms with van der Waals surface area (Å²) in [5.41, 5.74) is 0.482. The average molecular weight is 315 g/mol. The molecule has 0 saturated heterocycles. The van der Waals surface area contributed by atoms with Crippen LogP contribution in [0.15, 0.2) is 34.9 Å². The summed E-state index contributed by atoms with van der Waals surface area (Å²) in [6, 6.07) is 6.74. The Balaban J connectivity index is 2.19. The van der Waals surface area contributed by atoms with Crippen LogP contribution < -0.4 is 5.32 Å². The normalized spacial score (nSPS) is 10.3. The standard InChI is InChI=1S/C11H9BrClN3O/c1-16-3-2-10(15-16)14-11(17)7-4-8(12)6-9(13)5-7/h2-6H,1H3,(H,14,15,17). The van der Waals surface area contributed by atoms with Crippen molar-refractivity contribution in [2.45, 2.75) is 0 Å². The maximum Gasteiger partial charge on any atom is 0.256 e. The van der Waals surface area contributed by atoms with E-state index >= 15 is 0 Å². The second-order valence-electron chi connectivity index (χ2n) is 3.49. The highest BCUT2D eigenvalue weighted by molar-refractivity contribution is 9.10. The predicted octanol–water partition coefficient (Wildman–Crippen LogP) is 3.09. The Labute approximate surface area is 112 Å². The molecule has 6 heteroatoms. The zero-order valence-electron chi connectivity index (χ0n) is 8.95. The van der Waals surface area contributed by atoms with Gasteiger partial charge in [0.1, 0.15) is 0 Å². The Kier molecular flexibility index (Phi) is 3.49. The number of carbonyl (C=O) groups excluding carboxylic acids is 1. The van der Waals surface area contributed by atoms with Crippen LogP contribution in [-0.2, 0) is 7.05 Å². The smallest absolute Gasteiger partial charge is 0.256 e. The molecule has 1 aromatic heterocycles. The number of halogens is 2. The summed E-state index contributed by atoms with van der Waals surface area (Å²) < 4.78 is 2.37. The van der Waals surface area contributed by atoms with Gasteiger partial charge in [0, 0.05) is 34.4 Å². The van der Waals surface area contributed by atoms with Gasteiger partial charge in [-0.1, -0.05) is 27.5 Å². The van der Waals surface area contributed by atoms with Crippen LogP contribution in [0.25, 0.3) is 0 Å². The summed E-state index contributed by atoms with van der Waals surface area (Å²) in [5, 5.41) is 7.25. The van der Waals surface area contributed by atoms with Crippen LogP contribution in [0.2, 0.25) is 5.02 Å². The first kappa shape index (κ1) is 12.1. The summed E-state index contributed by atoms with van der Waals surface area (Å²) in [6.45, 7) is 0. The maximum absolute atomic E-state index is 11.9. The lowest BCUT2D eigenvalue weighted by Gasteiger charge is -2.03. The third kappa shape index (κ3) is 3.08. The molecule has 0 spiro atoms. The number of rotatable bonds is 2. The summed E-state index contributed by atoms with van der Waals surface area (Å²) in [5.74, 6) is 0.264. The number of hydrogen-bond donors (Lipinski definition) is 1. The van der Waals surface area contributed by atoms with Crippen molar-refractivity contribution in [1.29, 1.82) is 0 Å². The number of aryl methyl sites for hydroxylation is 1. The van der Waals surface area contributed by atoms with Crippen LogP contribution in [0.1, 0.15) is 10.4 Å². The van der Waals surface area contributed by atoms with E-state index in [-0.39, 0.29) is 5.91 Å². The SMILES string of the molecule is Cn1ccc(NC(=O)c2cc(Cl)cc(Br)c2)n1. The molecule has 0 atom stereocenters. The second kappa shape index (κ2) is 4.89. The number of benzene rings is 1. The molecule has 0 aliphatic heterocycles. The van der Waals surface area contributed by atoms with Gasteiger partial charge in [0.05, 0.1) is 0 Å². The number of nitrogens with one attached hydrogen (secondary N) is 1. The number of hydrogen-bond acceptors (Lipinski definition) is 2. The van der Waals surface area contributed by atoms with Gasteiger partial charge >= 0.3 is 0 Å². The number of amides is 1. The first-order valence-electron chi connectivity index (χ1n) is 4.82. The fourth-order valence-corrected chi connectivity index (χ4v) is 2.22. The van der Waals surface area contributed by atoms with E-state index < -0.39 is 0 Å². The molecule has 4 nitrogen and oxygen atoms in total. The Hall–Kier alpha value is -1.33. The highest BCUT2D eigenvalue weighted by Gasteiger charge is 2.09. The first-order valence-corrected chi connectivity index (χ1v) is 5.99. The van der Waals surface area contributed by atoms with E-state index in [9.17, 15) is 4.79 Å². The van der Waals surface area contributed by atoms with E-state index in [0.29, 0.717) is 16.4 Å². The highest BCUT2D eigenvalue weighted by atomic mass is 79.9. The monoisotopic (exact) mass is 313 g/mol. The number of nitrogens with zero attached hydrogens (tertiary/aromatic N) is 2. The van der Waals surface area contributed by atoms with E-state index in [1.165, 1.54) is 0 Å². The minimum absolute atomic E-state index is 0.244. The van der Waals surface area contributed by atoms with E-state index in [1.807, 2.05) is 0 Å². The van der Waals surface area contributed by atoms with E-state index in [0.717, 1.165) is 4.47 Å². The minimum Gasteiger partial charge on any atom is -0.305 e. The van der Waals surface area contributed by atoms with Gasteiger partial charge in [-0.25, -0.2) is 0 Å². The van der Waals surface area contributed by atoms with Crippen LogP contribution >= 0.6 is 27.5 Å². The molecule has 0 saturated carbocycles. The van der Waals surface area contributed by atoms with Gasteiger partial charge in [0.2, 0.25) is 0 Å². The van der Waals surface area contributed by atoms with Gasteiger partial charge in [0.15, 0.2) is 5.82 Å². The lowest BCUT2D eigenvalue weighted by molar-refractivity contribution is 0.102. The van der Waals surface area contributed by atoms with Gasteiger partial charge in [-0.2, -0.15) is 5.10 Å². The van der Waals surface area contributed by atoms with Crippen LogP contribution in [0.5, 0.6) is 0 Å².